The number of nitrogens with zero attached hydrogens (tertiary/aromatic N) is 1. The molecule has 1 aromatic rings. The van der Waals surface area contributed by atoms with Crippen molar-refractivity contribution in [2.24, 2.45) is 5.73 Å². The molecule has 0 saturated heterocycles. The van der Waals surface area contributed by atoms with Crippen LogP contribution in [-0.4, -0.2) is 18.8 Å². The van der Waals surface area contributed by atoms with Crippen molar-refractivity contribution < 1.29 is 4.74 Å². The van der Waals surface area contributed by atoms with Crippen molar-refractivity contribution in [1.29, 1.82) is 0 Å². The molecule has 0 atom stereocenters. The Hall–Kier alpha value is -1.26. The zero-order valence-electron chi connectivity index (χ0n) is 8.94. The third-order valence-corrected chi connectivity index (χ3v) is 2.32. The molecule has 0 fully saturated rings. The SMILES string of the molecule is C=C(Cl)CN(C(N)=S)c1ccc(OC)cc1. The van der Waals surface area contributed by atoms with Gasteiger partial charge in [-0.05, 0) is 36.5 Å². The van der Waals surface area contributed by atoms with E-state index in [0.29, 0.717) is 11.6 Å². The number of anilines is 1. The molecule has 86 valence electrons. The Morgan fingerprint density at radius 1 is 1.50 bits per heavy atom. The number of nitrogens with two attached hydrogens (primary N) is 1. The van der Waals surface area contributed by atoms with Crippen molar-refractivity contribution in [2.75, 3.05) is 18.6 Å². The van der Waals surface area contributed by atoms with Crippen molar-refractivity contribution in [1.82, 2.24) is 0 Å². The summed E-state index contributed by atoms with van der Waals surface area (Å²) in [7, 11) is 1.61. The lowest BCUT2D eigenvalue weighted by molar-refractivity contribution is 0.415. The highest BCUT2D eigenvalue weighted by molar-refractivity contribution is 7.80. The Balaban J connectivity index is 2.92. The average Bonchev–Trinajstić information content (AvgIpc) is 2.25. The highest BCUT2D eigenvalue weighted by atomic mass is 35.5. The molecule has 0 spiro atoms. The molecular formula is C11H13ClN2OS. The van der Waals surface area contributed by atoms with E-state index in [1.807, 2.05) is 24.3 Å². The Kier molecular flexibility index (Phi) is 4.58. The normalized spacial score (nSPS) is 9.62. The number of ether oxygens (including phenoxy) is 1. The van der Waals surface area contributed by atoms with Gasteiger partial charge in [0.2, 0.25) is 0 Å². The fraction of sp³-hybridized carbons (Fsp3) is 0.182. The van der Waals surface area contributed by atoms with Gasteiger partial charge in [0.05, 0.1) is 13.7 Å². The van der Waals surface area contributed by atoms with E-state index < -0.39 is 0 Å². The minimum absolute atomic E-state index is 0.256. The second-order valence-electron chi connectivity index (χ2n) is 3.14. The van der Waals surface area contributed by atoms with Crippen molar-refractivity contribution in [3.05, 3.63) is 35.9 Å². The Labute approximate surface area is 105 Å². The first kappa shape index (κ1) is 12.8. The third kappa shape index (κ3) is 3.40. The van der Waals surface area contributed by atoms with Crippen molar-refractivity contribution in [3.8, 4) is 5.75 Å². The monoisotopic (exact) mass is 256 g/mol. The van der Waals surface area contributed by atoms with Gasteiger partial charge in [-0.2, -0.15) is 0 Å². The van der Waals surface area contributed by atoms with Crippen LogP contribution in [0.5, 0.6) is 5.75 Å². The molecule has 2 N–H and O–H groups in total. The highest BCUT2D eigenvalue weighted by Crippen LogP contribution is 2.20. The van der Waals surface area contributed by atoms with E-state index in [4.69, 9.17) is 34.3 Å². The highest BCUT2D eigenvalue weighted by Gasteiger charge is 2.09. The molecule has 0 bridgehead atoms. The number of thiocarbonyl (C=S) groups is 1. The third-order valence-electron chi connectivity index (χ3n) is 1.98. The summed E-state index contributed by atoms with van der Waals surface area (Å²) >= 11 is 10.7. The molecule has 0 radical (unpaired) electrons. The van der Waals surface area contributed by atoms with E-state index in [1.165, 1.54) is 0 Å². The van der Waals surface area contributed by atoms with Gasteiger partial charge in [0.25, 0.3) is 0 Å². The van der Waals surface area contributed by atoms with E-state index in [0.717, 1.165) is 11.4 Å². The van der Waals surface area contributed by atoms with Gasteiger partial charge in [-0.3, -0.25) is 0 Å². The zero-order chi connectivity index (χ0) is 12.1. The lowest BCUT2D eigenvalue weighted by atomic mass is 10.3. The first-order valence-electron chi connectivity index (χ1n) is 4.59. The fourth-order valence-corrected chi connectivity index (χ4v) is 1.52. The molecule has 0 heterocycles. The van der Waals surface area contributed by atoms with Crippen LogP contribution in [0, 0.1) is 0 Å². The standard InChI is InChI=1S/C11H13ClN2OS/c1-8(12)7-14(11(13)16)9-3-5-10(15-2)6-4-9/h3-6H,1,7H2,2H3,(H2,13,16). The van der Waals surface area contributed by atoms with E-state index in [2.05, 4.69) is 6.58 Å². The molecule has 1 rings (SSSR count). The minimum Gasteiger partial charge on any atom is -0.497 e. The second kappa shape index (κ2) is 5.72. The molecular weight excluding hydrogens is 244 g/mol. The van der Waals surface area contributed by atoms with Crippen LogP contribution in [-0.2, 0) is 0 Å². The summed E-state index contributed by atoms with van der Waals surface area (Å²) in [5, 5.41) is 0.732. The molecule has 0 amide bonds. The molecule has 1 aromatic carbocycles. The number of hydrogen-bond acceptors (Lipinski definition) is 2. The summed E-state index contributed by atoms with van der Waals surface area (Å²) in [5.41, 5.74) is 6.47. The van der Waals surface area contributed by atoms with Crippen molar-refractivity contribution in [2.45, 2.75) is 0 Å². The first-order valence-corrected chi connectivity index (χ1v) is 5.37. The Morgan fingerprint density at radius 3 is 2.44 bits per heavy atom. The van der Waals surface area contributed by atoms with Gasteiger partial charge in [0.1, 0.15) is 5.75 Å². The van der Waals surface area contributed by atoms with E-state index in [-0.39, 0.29) is 5.11 Å². The van der Waals surface area contributed by atoms with Gasteiger partial charge >= 0.3 is 0 Å². The molecule has 0 aromatic heterocycles. The largest absolute Gasteiger partial charge is 0.497 e. The summed E-state index contributed by atoms with van der Waals surface area (Å²) in [6.45, 7) is 4.01. The average molecular weight is 257 g/mol. The van der Waals surface area contributed by atoms with Crippen molar-refractivity contribution in [3.63, 3.8) is 0 Å². The second-order valence-corrected chi connectivity index (χ2v) is 4.09. The molecule has 0 aliphatic heterocycles. The van der Waals surface area contributed by atoms with Crippen LogP contribution in [0.15, 0.2) is 35.9 Å². The smallest absolute Gasteiger partial charge is 0.171 e. The fourth-order valence-electron chi connectivity index (χ4n) is 1.23. The van der Waals surface area contributed by atoms with E-state index >= 15 is 0 Å². The molecule has 0 aliphatic rings. The molecule has 0 aliphatic carbocycles. The summed E-state index contributed by atoms with van der Waals surface area (Å²) < 4.78 is 5.06. The summed E-state index contributed by atoms with van der Waals surface area (Å²) in [6.07, 6.45) is 0. The summed E-state index contributed by atoms with van der Waals surface area (Å²) in [4.78, 5) is 1.70. The lowest BCUT2D eigenvalue weighted by Crippen LogP contribution is -2.36. The van der Waals surface area contributed by atoms with Gasteiger partial charge in [-0.15, -0.1) is 0 Å². The van der Waals surface area contributed by atoms with Gasteiger partial charge in [0.15, 0.2) is 5.11 Å². The van der Waals surface area contributed by atoms with Crippen LogP contribution in [0.3, 0.4) is 0 Å². The maximum atomic E-state index is 5.75. The zero-order valence-corrected chi connectivity index (χ0v) is 10.5. The lowest BCUT2D eigenvalue weighted by Gasteiger charge is -2.22. The Morgan fingerprint density at radius 2 is 2.06 bits per heavy atom. The Bertz CT molecular complexity index is 391. The number of methoxy groups -OCH3 is 1. The molecule has 16 heavy (non-hydrogen) atoms. The molecule has 0 unspecified atom stereocenters. The predicted molar refractivity (Wildman–Crippen MR) is 72.1 cm³/mol. The van der Waals surface area contributed by atoms with Crippen LogP contribution in [0.2, 0.25) is 0 Å². The first-order chi connectivity index (χ1) is 7.54. The van der Waals surface area contributed by atoms with E-state index in [9.17, 15) is 0 Å². The van der Waals surface area contributed by atoms with E-state index in [1.54, 1.807) is 12.0 Å². The van der Waals surface area contributed by atoms with Crippen LogP contribution < -0.4 is 15.4 Å². The minimum atomic E-state index is 0.256. The number of halogens is 1. The quantitative estimate of drug-likeness (QED) is 0.840. The van der Waals surface area contributed by atoms with Crippen LogP contribution in [0.1, 0.15) is 0 Å². The maximum absolute atomic E-state index is 5.75. The van der Waals surface area contributed by atoms with Crippen LogP contribution in [0.25, 0.3) is 0 Å². The number of benzene rings is 1. The van der Waals surface area contributed by atoms with Crippen LogP contribution >= 0.6 is 23.8 Å². The summed E-state index contributed by atoms with van der Waals surface area (Å²) in [5.74, 6) is 0.774. The topological polar surface area (TPSA) is 38.5 Å². The van der Waals surface area contributed by atoms with Crippen molar-refractivity contribution >= 4 is 34.6 Å². The van der Waals surface area contributed by atoms with Gasteiger partial charge in [-0.25, -0.2) is 0 Å². The van der Waals surface area contributed by atoms with Gasteiger partial charge in [-0.1, -0.05) is 18.2 Å². The number of hydrogen-bond donors (Lipinski definition) is 1. The molecule has 3 nitrogen and oxygen atoms in total. The van der Waals surface area contributed by atoms with Gasteiger partial charge in [0, 0.05) is 10.7 Å². The maximum Gasteiger partial charge on any atom is 0.171 e. The molecule has 0 saturated carbocycles. The van der Waals surface area contributed by atoms with Crippen LogP contribution in [0.4, 0.5) is 5.69 Å². The molecule has 5 heteroatoms. The van der Waals surface area contributed by atoms with Gasteiger partial charge < -0.3 is 15.4 Å². The predicted octanol–water partition coefficient (Wildman–Crippen LogP) is 2.50. The summed E-state index contributed by atoms with van der Waals surface area (Å²) in [6, 6.07) is 7.38. The number of rotatable bonds is 4.